The van der Waals surface area contributed by atoms with Gasteiger partial charge in [0, 0.05) is 17.5 Å². The third kappa shape index (κ3) is 5.45. The number of carbonyl (C=O) groups excluding carboxylic acids is 3. The van der Waals surface area contributed by atoms with E-state index in [1.807, 2.05) is 72.8 Å². The maximum atomic E-state index is 15.2. The molecule has 2 amide bonds. The maximum absolute atomic E-state index is 15.2. The number of allylic oxidation sites excluding steroid dienone is 1. The van der Waals surface area contributed by atoms with Crippen LogP contribution in [0.3, 0.4) is 0 Å². The number of fused-ring (bicyclic) bond motifs is 2. The SMILES string of the molecule is C=CCCCOC(=O)[C@@H]1[C@@H]2CC(C)C3(S2)C(C(=O)N(CC=C)c2ccc4ccccc4c2)N([C@@H](CO)Cc2ccccc2)C(=O)[C@H]13. The Morgan fingerprint density at radius 1 is 1.09 bits per heavy atom. The summed E-state index contributed by atoms with van der Waals surface area (Å²) in [6.45, 7) is 9.99. The summed E-state index contributed by atoms with van der Waals surface area (Å²) >= 11 is 1.61. The quantitative estimate of drug-likeness (QED) is 0.145. The van der Waals surface area contributed by atoms with E-state index in [0.717, 1.165) is 22.8 Å². The third-order valence-electron chi connectivity index (χ3n) is 10.0. The molecule has 3 aliphatic rings. The van der Waals surface area contributed by atoms with Crippen LogP contribution in [0.4, 0.5) is 5.69 Å². The van der Waals surface area contributed by atoms with Crippen molar-refractivity contribution < 1.29 is 24.2 Å². The van der Waals surface area contributed by atoms with Gasteiger partial charge in [-0.15, -0.1) is 24.9 Å². The Hall–Kier alpha value is -3.88. The van der Waals surface area contributed by atoms with Crippen LogP contribution in [0.1, 0.15) is 31.7 Å². The highest BCUT2D eigenvalue weighted by Gasteiger charge is 2.77. The molecule has 3 heterocycles. The number of carbonyl (C=O) groups is 3. The molecule has 6 rings (SSSR count). The summed E-state index contributed by atoms with van der Waals surface area (Å²) in [5, 5.41) is 12.8. The predicted octanol–water partition coefficient (Wildman–Crippen LogP) is 5.81. The number of ether oxygens (including phenoxy) is 1. The zero-order valence-corrected chi connectivity index (χ0v) is 27.1. The van der Waals surface area contributed by atoms with Gasteiger partial charge in [-0.1, -0.05) is 79.7 Å². The molecule has 0 aliphatic carbocycles. The smallest absolute Gasteiger partial charge is 0.310 e. The van der Waals surface area contributed by atoms with E-state index in [1.54, 1.807) is 33.7 Å². The van der Waals surface area contributed by atoms with Crippen molar-refractivity contribution in [2.24, 2.45) is 17.8 Å². The minimum Gasteiger partial charge on any atom is -0.465 e. The highest BCUT2D eigenvalue weighted by atomic mass is 32.2. The molecule has 7 nitrogen and oxygen atoms in total. The van der Waals surface area contributed by atoms with Gasteiger partial charge in [-0.25, -0.2) is 0 Å². The second-order valence-corrected chi connectivity index (χ2v) is 14.2. The Labute approximate surface area is 275 Å². The van der Waals surface area contributed by atoms with Gasteiger partial charge >= 0.3 is 5.97 Å². The number of hydrogen-bond donors (Lipinski definition) is 1. The van der Waals surface area contributed by atoms with Gasteiger partial charge in [0.05, 0.1) is 35.8 Å². The number of aliphatic hydroxyl groups is 1. The number of unbranched alkanes of at least 4 members (excludes halogenated alkanes) is 1. The summed E-state index contributed by atoms with van der Waals surface area (Å²) in [6.07, 6.45) is 5.97. The van der Waals surface area contributed by atoms with Crippen LogP contribution in [0, 0.1) is 17.8 Å². The van der Waals surface area contributed by atoms with E-state index in [4.69, 9.17) is 4.74 Å². The molecule has 8 heteroatoms. The number of anilines is 1. The van der Waals surface area contributed by atoms with Crippen LogP contribution in [-0.2, 0) is 25.5 Å². The minimum atomic E-state index is -0.888. The molecular weight excluding hydrogens is 596 g/mol. The molecule has 3 fully saturated rings. The molecule has 1 N–H and O–H groups in total. The van der Waals surface area contributed by atoms with Crippen molar-refractivity contribution in [3.8, 4) is 0 Å². The topological polar surface area (TPSA) is 87.2 Å². The Kier molecular flexibility index (Phi) is 9.39. The number of thioether (sulfide) groups is 1. The van der Waals surface area contributed by atoms with Gasteiger partial charge < -0.3 is 19.6 Å². The Morgan fingerprint density at radius 3 is 2.54 bits per heavy atom. The summed E-state index contributed by atoms with van der Waals surface area (Å²) in [7, 11) is 0. The van der Waals surface area contributed by atoms with Crippen LogP contribution in [0.2, 0.25) is 0 Å². The van der Waals surface area contributed by atoms with E-state index in [-0.39, 0.29) is 48.7 Å². The lowest BCUT2D eigenvalue weighted by Crippen LogP contribution is -2.59. The largest absolute Gasteiger partial charge is 0.465 e. The first-order valence-electron chi connectivity index (χ1n) is 16.2. The summed E-state index contributed by atoms with van der Waals surface area (Å²) in [5.74, 6) is -2.24. The first kappa shape index (κ1) is 32.1. The number of hydrogen-bond acceptors (Lipinski definition) is 6. The summed E-state index contributed by atoms with van der Waals surface area (Å²) < 4.78 is 4.91. The van der Waals surface area contributed by atoms with Crippen LogP contribution in [0.25, 0.3) is 10.8 Å². The molecule has 0 saturated carbocycles. The lowest BCUT2D eigenvalue weighted by Gasteiger charge is -2.42. The van der Waals surface area contributed by atoms with E-state index >= 15 is 4.79 Å². The van der Waals surface area contributed by atoms with Gasteiger partial charge in [0.25, 0.3) is 5.91 Å². The van der Waals surface area contributed by atoms with E-state index in [0.29, 0.717) is 24.9 Å². The second-order valence-electron chi connectivity index (χ2n) is 12.7. The fourth-order valence-corrected chi connectivity index (χ4v) is 10.4. The summed E-state index contributed by atoms with van der Waals surface area (Å²) in [4.78, 5) is 47.0. The van der Waals surface area contributed by atoms with Crippen molar-refractivity contribution in [3.05, 3.63) is 104 Å². The normalized spacial score (nSPS) is 27.0. The molecule has 3 aliphatic heterocycles. The average molecular weight is 639 g/mol. The van der Waals surface area contributed by atoms with Crippen molar-refractivity contribution >= 4 is 46.0 Å². The Balaban J connectivity index is 1.43. The van der Waals surface area contributed by atoms with Gasteiger partial charge in [0.2, 0.25) is 5.91 Å². The minimum absolute atomic E-state index is 0.0153. The van der Waals surface area contributed by atoms with Crippen molar-refractivity contribution in [3.63, 3.8) is 0 Å². The highest BCUT2D eigenvalue weighted by Crippen LogP contribution is 2.69. The summed E-state index contributed by atoms with van der Waals surface area (Å²) in [6, 6.07) is 22.1. The number of likely N-dealkylation sites (tertiary alicyclic amines) is 1. The van der Waals surface area contributed by atoms with Crippen molar-refractivity contribution in [1.82, 2.24) is 4.90 Å². The molecule has 1 spiro atoms. The number of aliphatic hydroxyl groups excluding tert-OH is 1. The molecule has 2 bridgehead atoms. The molecule has 7 atom stereocenters. The van der Waals surface area contributed by atoms with Gasteiger partial charge in [-0.05, 0) is 60.1 Å². The standard InChI is InChI=1S/C38H42N2O5S/c1-4-6-12-20-45-37(44)32-31-21-25(3)38(46-31)33(32)35(42)40(30(24-41)22-26-13-8-7-9-14-26)34(38)36(43)39(19-5-2)29-18-17-27-15-10-11-16-28(27)23-29/h4-5,7-11,13-18,23,25,30-34,41H,1-2,6,12,19-22,24H2,3H3/t25?,30-,31+,32-,33+,34?,38?/m1/s1. The third-order valence-corrected chi connectivity index (χ3v) is 12.1. The fraction of sp³-hybridized carbons (Fsp3) is 0.395. The van der Waals surface area contributed by atoms with E-state index in [1.165, 1.54) is 0 Å². The zero-order chi connectivity index (χ0) is 32.4. The molecule has 46 heavy (non-hydrogen) atoms. The summed E-state index contributed by atoms with van der Waals surface area (Å²) in [5.41, 5.74) is 1.67. The second kappa shape index (κ2) is 13.5. The monoisotopic (exact) mass is 638 g/mol. The molecule has 3 saturated heterocycles. The van der Waals surface area contributed by atoms with E-state index in [9.17, 15) is 14.7 Å². The Morgan fingerprint density at radius 2 is 1.83 bits per heavy atom. The molecule has 0 radical (unpaired) electrons. The molecule has 3 aromatic carbocycles. The van der Waals surface area contributed by atoms with Crippen LogP contribution in [0.15, 0.2) is 98.1 Å². The maximum Gasteiger partial charge on any atom is 0.310 e. The lowest BCUT2D eigenvalue weighted by atomic mass is 9.66. The van der Waals surface area contributed by atoms with Crippen LogP contribution >= 0.6 is 11.8 Å². The van der Waals surface area contributed by atoms with Crippen molar-refractivity contribution in [1.29, 1.82) is 0 Å². The van der Waals surface area contributed by atoms with Crippen molar-refractivity contribution in [2.45, 2.75) is 54.7 Å². The predicted molar refractivity (Wildman–Crippen MR) is 183 cm³/mol. The number of nitrogens with zero attached hydrogens (tertiary/aromatic N) is 2. The lowest BCUT2D eigenvalue weighted by molar-refractivity contribution is -0.155. The molecule has 3 unspecified atom stereocenters. The van der Waals surface area contributed by atoms with Crippen LogP contribution in [0.5, 0.6) is 0 Å². The molecule has 0 aromatic heterocycles. The Bertz CT molecular complexity index is 1630. The average Bonchev–Trinajstić information content (AvgIpc) is 3.68. The van der Waals surface area contributed by atoms with Crippen LogP contribution < -0.4 is 4.90 Å². The highest BCUT2D eigenvalue weighted by molar-refractivity contribution is 8.02. The van der Waals surface area contributed by atoms with Crippen LogP contribution in [-0.4, -0.2) is 69.6 Å². The number of esters is 1. The molecule has 240 valence electrons. The first-order chi connectivity index (χ1) is 22.3. The first-order valence-corrected chi connectivity index (χ1v) is 17.1. The zero-order valence-electron chi connectivity index (χ0n) is 26.3. The fourth-order valence-electron chi connectivity index (χ4n) is 7.98. The number of rotatable bonds is 13. The van der Waals surface area contributed by atoms with Gasteiger partial charge in [0.15, 0.2) is 0 Å². The van der Waals surface area contributed by atoms with Gasteiger partial charge in [-0.3, -0.25) is 14.4 Å². The van der Waals surface area contributed by atoms with Crippen molar-refractivity contribution in [2.75, 3.05) is 24.7 Å². The van der Waals surface area contributed by atoms with E-state index < -0.39 is 28.7 Å². The van der Waals surface area contributed by atoms with Gasteiger partial charge in [0.1, 0.15) is 6.04 Å². The number of benzene rings is 3. The van der Waals surface area contributed by atoms with Gasteiger partial charge in [-0.2, -0.15) is 0 Å². The van der Waals surface area contributed by atoms with E-state index in [2.05, 4.69) is 20.1 Å². The number of amides is 2. The molecule has 3 aromatic rings. The molecular formula is C38H42N2O5S.